The predicted octanol–water partition coefficient (Wildman–Crippen LogP) is 0.158. The zero-order chi connectivity index (χ0) is 10.7. The van der Waals surface area contributed by atoms with Gasteiger partial charge in [-0.3, -0.25) is 9.59 Å². The fraction of sp³-hybridized carbons (Fsp3) is 0.333. The molecule has 1 aromatic heterocycles. The molecule has 14 heavy (non-hydrogen) atoms. The van der Waals surface area contributed by atoms with Crippen molar-refractivity contribution < 1.29 is 9.90 Å². The summed E-state index contributed by atoms with van der Waals surface area (Å²) in [5.41, 5.74) is 6.80. The summed E-state index contributed by atoms with van der Waals surface area (Å²) in [7, 11) is 0. The van der Waals surface area contributed by atoms with Gasteiger partial charge in [-0.05, 0) is 18.1 Å². The third kappa shape index (κ3) is 2.43. The molecule has 5 nitrogen and oxygen atoms in total. The second kappa shape index (κ2) is 4.06. The van der Waals surface area contributed by atoms with Crippen LogP contribution in [0.25, 0.3) is 0 Å². The van der Waals surface area contributed by atoms with Gasteiger partial charge in [-0.2, -0.15) is 0 Å². The molecule has 0 amide bonds. The zero-order valence-corrected chi connectivity index (χ0v) is 7.78. The first kappa shape index (κ1) is 10.5. The molecule has 0 bridgehead atoms. The first-order valence-electron chi connectivity index (χ1n) is 4.17. The number of H-pyrrole nitrogens is 1. The summed E-state index contributed by atoms with van der Waals surface area (Å²) < 4.78 is 0. The molecule has 0 aliphatic heterocycles. The lowest BCUT2D eigenvalue weighted by Crippen LogP contribution is -2.18. The van der Waals surface area contributed by atoms with Crippen molar-refractivity contribution in [2.24, 2.45) is 5.73 Å². The molecule has 0 aliphatic carbocycles. The van der Waals surface area contributed by atoms with E-state index in [1.807, 2.05) is 0 Å². The number of pyridine rings is 1. The number of aliphatic carboxylic acids is 1. The Balaban J connectivity index is 2.95. The number of aromatic amines is 1. The van der Waals surface area contributed by atoms with Crippen LogP contribution in [-0.2, 0) is 4.79 Å². The van der Waals surface area contributed by atoms with Gasteiger partial charge in [-0.1, -0.05) is 0 Å². The molecule has 1 heterocycles. The van der Waals surface area contributed by atoms with Gasteiger partial charge >= 0.3 is 5.97 Å². The van der Waals surface area contributed by atoms with Crippen LogP contribution in [0.1, 0.15) is 23.6 Å². The Kier molecular flexibility index (Phi) is 3.03. The molecule has 0 saturated carbocycles. The summed E-state index contributed by atoms with van der Waals surface area (Å²) in [6.45, 7) is 1.73. The Morgan fingerprint density at radius 3 is 2.86 bits per heavy atom. The lowest BCUT2D eigenvalue weighted by molar-refractivity contribution is -0.137. The maximum Gasteiger partial charge on any atom is 0.305 e. The van der Waals surface area contributed by atoms with E-state index >= 15 is 0 Å². The van der Waals surface area contributed by atoms with E-state index in [-0.39, 0.29) is 12.0 Å². The topological polar surface area (TPSA) is 96.2 Å². The van der Waals surface area contributed by atoms with Crippen molar-refractivity contribution in [1.82, 2.24) is 4.98 Å². The van der Waals surface area contributed by atoms with E-state index in [2.05, 4.69) is 4.98 Å². The third-order valence-corrected chi connectivity index (χ3v) is 1.97. The van der Waals surface area contributed by atoms with E-state index in [1.54, 1.807) is 6.92 Å². The van der Waals surface area contributed by atoms with Gasteiger partial charge in [0.15, 0.2) is 0 Å². The van der Waals surface area contributed by atoms with Crippen molar-refractivity contribution in [2.45, 2.75) is 19.4 Å². The van der Waals surface area contributed by atoms with E-state index in [0.717, 1.165) is 0 Å². The highest BCUT2D eigenvalue weighted by Crippen LogP contribution is 2.15. The first-order chi connectivity index (χ1) is 6.50. The number of aryl methyl sites for hydroxylation is 1. The highest BCUT2D eigenvalue weighted by molar-refractivity contribution is 5.67. The van der Waals surface area contributed by atoms with Crippen molar-refractivity contribution in [3.8, 4) is 0 Å². The number of hydrogen-bond donors (Lipinski definition) is 3. The van der Waals surface area contributed by atoms with Crippen LogP contribution in [0.15, 0.2) is 17.1 Å². The van der Waals surface area contributed by atoms with Crippen LogP contribution in [0, 0.1) is 6.92 Å². The number of aromatic nitrogens is 1. The van der Waals surface area contributed by atoms with Crippen LogP contribution in [0.5, 0.6) is 0 Å². The van der Waals surface area contributed by atoms with Crippen LogP contribution in [0.4, 0.5) is 0 Å². The third-order valence-electron chi connectivity index (χ3n) is 1.97. The van der Waals surface area contributed by atoms with Gasteiger partial charge in [0, 0.05) is 18.3 Å². The number of nitrogens with two attached hydrogens (primary N) is 1. The molecule has 1 unspecified atom stereocenters. The number of carboxylic acid groups (broad SMARTS) is 1. The average Bonchev–Trinajstić information content (AvgIpc) is 2.01. The van der Waals surface area contributed by atoms with Gasteiger partial charge in [0.25, 0.3) is 0 Å². The van der Waals surface area contributed by atoms with Gasteiger partial charge in [0.05, 0.1) is 6.42 Å². The highest BCUT2D eigenvalue weighted by Gasteiger charge is 2.12. The molecule has 0 fully saturated rings. The molecular formula is C9H12N2O3. The van der Waals surface area contributed by atoms with Crippen molar-refractivity contribution >= 4 is 5.97 Å². The van der Waals surface area contributed by atoms with Crippen LogP contribution in [0.2, 0.25) is 0 Å². The highest BCUT2D eigenvalue weighted by atomic mass is 16.4. The van der Waals surface area contributed by atoms with Crippen molar-refractivity contribution in [2.75, 3.05) is 0 Å². The number of nitrogens with one attached hydrogen (secondary N) is 1. The maximum absolute atomic E-state index is 10.9. The lowest BCUT2D eigenvalue weighted by Gasteiger charge is -2.11. The molecule has 0 spiro atoms. The summed E-state index contributed by atoms with van der Waals surface area (Å²) in [6, 6.07) is 0.821. The van der Waals surface area contributed by atoms with E-state index in [9.17, 15) is 9.59 Å². The minimum absolute atomic E-state index is 0.146. The second-order valence-electron chi connectivity index (χ2n) is 3.14. The standard InChI is InChI=1S/C9H12N2O3/c1-5-2-8(12)11-4-6(5)7(10)3-9(13)14/h2,4,7H,3,10H2,1H3,(H,11,12)(H,13,14). The molecule has 0 aliphatic rings. The zero-order valence-electron chi connectivity index (χ0n) is 7.78. The Morgan fingerprint density at radius 2 is 2.36 bits per heavy atom. The molecule has 1 rings (SSSR count). The lowest BCUT2D eigenvalue weighted by atomic mass is 10.0. The van der Waals surface area contributed by atoms with E-state index in [1.165, 1.54) is 12.3 Å². The molecule has 5 heteroatoms. The fourth-order valence-corrected chi connectivity index (χ4v) is 1.28. The van der Waals surface area contributed by atoms with Crippen molar-refractivity contribution in [1.29, 1.82) is 0 Å². The summed E-state index contributed by atoms with van der Waals surface area (Å²) >= 11 is 0. The first-order valence-corrected chi connectivity index (χ1v) is 4.17. The summed E-state index contributed by atoms with van der Waals surface area (Å²) in [6.07, 6.45) is 1.32. The molecule has 0 radical (unpaired) electrons. The van der Waals surface area contributed by atoms with E-state index < -0.39 is 12.0 Å². The van der Waals surface area contributed by atoms with Crippen LogP contribution < -0.4 is 11.3 Å². The monoisotopic (exact) mass is 196 g/mol. The minimum Gasteiger partial charge on any atom is -0.481 e. The van der Waals surface area contributed by atoms with Gasteiger partial charge in [0.1, 0.15) is 0 Å². The normalized spacial score (nSPS) is 12.4. The molecule has 0 aromatic carbocycles. The summed E-state index contributed by atoms with van der Waals surface area (Å²) in [5, 5.41) is 8.54. The maximum atomic E-state index is 10.9. The smallest absolute Gasteiger partial charge is 0.305 e. The molecule has 1 atom stereocenters. The number of hydrogen-bond acceptors (Lipinski definition) is 3. The largest absolute Gasteiger partial charge is 0.481 e. The number of rotatable bonds is 3. The van der Waals surface area contributed by atoms with Gasteiger partial charge in [0.2, 0.25) is 5.56 Å². The molecule has 76 valence electrons. The van der Waals surface area contributed by atoms with Crippen molar-refractivity contribution in [3.05, 3.63) is 33.7 Å². The Bertz CT molecular complexity index is 397. The summed E-state index contributed by atoms with van der Waals surface area (Å²) in [4.78, 5) is 23.8. The van der Waals surface area contributed by atoms with Crippen LogP contribution in [0.3, 0.4) is 0 Å². The SMILES string of the molecule is Cc1cc(=O)[nH]cc1C(N)CC(=O)O. The summed E-state index contributed by atoms with van der Waals surface area (Å²) in [5.74, 6) is -0.955. The average molecular weight is 196 g/mol. The second-order valence-corrected chi connectivity index (χ2v) is 3.14. The van der Waals surface area contributed by atoms with Gasteiger partial charge in [-0.25, -0.2) is 0 Å². The molecule has 4 N–H and O–H groups in total. The number of carbonyl (C=O) groups is 1. The van der Waals surface area contributed by atoms with Crippen LogP contribution in [-0.4, -0.2) is 16.1 Å². The fourth-order valence-electron chi connectivity index (χ4n) is 1.28. The van der Waals surface area contributed by atoms with Gasteiger partial charge in [-0.15, -0.1) is 0 Å². The quantitative estimate of drug-likeness (QED) is 0.641. The predicted molar refractivity (Wildman–Crippen MR) is 51.0 cm³/mol. The Hall–Kier alpha value is -1.62. The van der Waals surface area contributed by atoms with Crippen molar-refractivity contribution in [3.63, 3.8) is 0 Å². The van der Waals surface area contributed by atoms with E-state index in [4.69, 9.17) is 10.8 Å². The van der Waals surface area contributed by atoms with Gasteiger partial charge < -0.3 is 15.8 Å². The number of carboxylic acids is 1. The Morgan fingerprint density at radius 1 is 1.71 bits per heavy atom. The Labute approximate surface area is 80.6 Å². The molecule has 0 saturated heterocycles. The minimum atomic E-state index is -0.955. The molecule has 1 aromatic rings. The molecular weight excluding hydrogens is 184 g/mol. The van der Waals surface area contributed by atoms with E-state index in [0.29, 0.717) is 11.1 Å². The van der Waals surface area contributed by atoms with Crippen LogP contribution >= 0.6 is 0 Å².